The van der Waals surface area contributed by atoms with Gasteiger partial charge in [0.2, 0.25) is 5.91 Å². The molecular weight excluding hydrogens is 242 g/mol. The van der Waals surface area contributed by atoms with Crippen molar-refractivity contribution in [3.8, 4) is 0 Å². The molecule has 1 aliphatic rings. The SMILES string of the molecule is CC(=O)N1CCC(O)(CN)c2cc(N(C)C)ccc21. The number of nitrogens with two attached hydrogens (primary N) is 1. The Morgan fingerprint density at radius 3 is 2.74 bits per heavy atom. The monoisotopic (exact) mass is 263 g/mol. The summed E-state index contributed by atoms with van der Waals surface area (Å²) < 4.78 is 0. The van der Waals surface area contributed by atoms with E-state index in [2.05, 4.69) is 0 Å². The molecule has 104 valence electrons. The Balaban J connectivity index is 2.58. The molecule has 3 N–H and O–H groups in total. The van der Waals surface area contributed by atoms with Crippen LogP contribution in [0.3, 0.4) is 0 Å². The largest absolute Gasteiger partial charge is 0.384 e. The van der Waals surface area contributed by atoms with Gasteiger partial charge in [-0.25, -0.2) is 0 Å². The molecular formula is C14H21N3O2. The number of anilines is 2. The van der Waals surface area contributed by atoms with Crippen LogP contribution in [0.25, 0.3) is 0 Å². The molecule has 1 aromatic carbocycles. The molecule has 0 fully saturated rings. The molecule has 1 amide bonds. The first-order chi connectivity index (χ1) is 8.89. The predicted octanol–water partition coefficient (Wildman–Crippen LogP) is 0.655. The molecule has 0 radical (unpaired) electrons. The van der Waals surface area contributed by atoms with Crippen LogP contribution < -0.4 is 15.5 Å². The maximum Gasteiger partial charge on any atom is 0.223 e. The van der Waals surface area contributed by atoms with Crippen molar-refractivity contribution < 1.29 is 9.90 Å². The topological polar surface area (TPSA) is 69.8 Å². The van der Waals surface area contributed by atoms with Crippen molar-refractivity contribution in [1.82, 2.24) is 0 Å². The highest BCUT2D eigenvalue weighted by atomic mass is 16.3. The lowest BCUT2D eigenvalue weighted by molar-refractivity contribution is -0.117. The third-order valence-corrected chi connectivity index (χ3v) is 3.76. The van der Waals surface area contributed by atoms with Crippen LogP contribution in [0.15, 0.2) is 18.2 Å². The summed E-state index contributed by atoms with van der Waals surface area (Å²) in [6, 6.07) is 5.74. The van der Waals surface area contributed by atoms with Gasteiger partial charge in [0.25, 0.3) is 0 Å². The molecule has 1 heterocycles. The van der Waals surface area contributed by atoms with E-state index < -0.39 is 5.60 Å². The van der Waals surface area contributed by atoms with E-state index in [-0.39, 0.29) is 12.5 Å². The van der Waals surface area contributed by atoms with Gasteiger partial charge in [-0.2, -0.15) is 0 Å². The Kier molecular flexibility index (Phi) is 3.52. The van der Waals surface area contributed by atoms with Gasteiger partial charge in [0.1, 0.15) is 5.60 Å². The summed E-state index contributed by atoms with van der Waals surface area (Å²) in [7, 11) is 3.88. The Labute approximate surface area is 113 Å². The smallest absolute Gasteiger partial charge is 0.223 e. The van der Waals surface area contributed by atoms with Crippen LogP contribution in [0, 0.1) is 0 Å². The molecule has 0 bridgehead atoms. The van der Waals surface area contributed by atoms with Crippen LogP contribution >= 0.6 is 0 Å². The lowest BCUT2D eigenvalue weighted by Crippen LogP contribution is -2.46. The summed E-state index contributed by atoms with van der Waals surface area (Å²) in [5.74, 6) is -0.0158. The van der Waals surface area contributed by atoms with Gasteiger partial charge in [0.15, 0.2) is 0 Å². The Morgan fingerprint density at radius 1 is 1.53 bits per heavy atom. The zero-order valence-corrected chi connectivity index (χ0v) is 11.7. The van der Waals surface area contributed by atoms with Crippen molar-refractivity contribution in [1.29, 1.82) is 0 Å². The number of hydrogen-bond acceptors (Lipinski definition) is 4. The summed E-state index contributed by atoms with van der Waals surface area (Å²) in [6.45, 7) is 2.19. The van der Waals surface area contributed by atoms with Crippen molar-refractivity contribution in [3.63, 3.8) is 0 Å². The van der Waals surface area contributed by atoms with Crippen LogP contribution in [0.1, 0.15) is 18.9 Å². The van der Waals surface area contributed by atoms with E-state index in [1.807, 2.05) is 37.2 Å². The molecule has 1 aromatic rings. The second-order valence-corrected chi connectivity index (χ2v) is 5.25. The van der Waals surface area contributed by atoms with E-state index in [0.29, 0.717) is 13.0 Å². The number of carbonyl (C=O) groups is 1. The second-order valence-electron chi connectivity index (χ2n) is 5.25. The van der Waals surface area contributed by atoms with Crippen molar-refractivity contribution in [2.75, 3.05) is 37.0 Å². The normalized spacial score (nSPS) is 22.1. The van der Waals surface area contributed by atoms with E-state index in [0.717, 1.165) is 16.9 Å². The van der Waals surface area contributed by atoms with Gasteiger partial charge >= 0.3 is 0 Å². The molecule has 5 nitrogen and oxygen atoms in total. The van der Waals surface area contributed by atoms with Crippen molar-refractivity contribution >= 4 is 17.3 Å². The molecule has 0 aliphatic carbocycles. The van der Waals surface area contributed by atoms with Crippen LogP contribution in [0.5, 0.6) is 0 Å². The van der Waals surface area contributed by atoms with Gasteiger partial charge in [-0.05, 0) is 24.6 Å². The second kappa shape index (κ2) is 4.83. The number of rotatable bonds is 2. The van der Waals surface area contributed by atoms with Crippen LogP contribution in [0.4, 0.5) is 11.4 Å². The van der Waals surface area contributed by atoms with Crippen molar-refractivity contribution in [2.24, 2.45) is 5.73 Å². The van der Waals surface area contributed by atoms with E-state index in [1.54, 1.807) is 4.90 Å². The van der Waals surface area contributed by atoms with E-state index in [1.165, 1.54) is 6.92 Å². The molecule has 0 aromatic heterocycles. The molecule has 5 heteroatoms. The Bertz CT molecular complexity index is 501. The molecule has 1 atom stereocenters. The summed E-state index contributed by atoms with van der Waals surface area (Å²) >= 11 is 0. The molecule has 2 rings (SSSR count). The van der Waals surface area contributed by atoms with Crippen LogP contribution in [-0.2, 0) is 10.4 Å². The minimum atomic E-state index is -1.05. The van der Waals surface area contributed by atoms with Gasteiger partial charge < -0.3 is 20.6 Å². The summed E-state index contributed by atoms with van der Waals surface area (Å²) in [4.78, 5) is 15.3. The zero-order chi connectivity index (χ0) is 14.2. The first kappa shape index (κ1) is 13.8. The number of fused-ring (bicyclic) bond motifs is 1. The molecule has 0 spiro atoms. The Morgan fingerprint density at radius 2 is 2.21 bits per heavy atom. The number of nitrogens with zero attached hydrogens (tertiary/aromatic N) is 2. The zero-order valence-electron chi connectivity index (χ0n) is 11.7. The van der Waals surface area contributed by atoms with Gasteiger partial charge in [-0.15, -0.1) is 0 Å². The quantitative estimate of drug-likeness (QED) is 0.822. The third-order valence-electron chi connectivity index (χ3n) is 3.76. The minimum absolute atomic E-state index is 0.0158. The van der Waals surface area contributed by atoms with E-state index in [9.17, 15) is 9.90 Å². The molecule has 0 saturated heterocycles. The standard InChI is InChI=1S/C14H21N3O2/c1-10(18)17-7-6-14(19,9-15)12-8-11(16(2)3)4-5-13(12)17/h4-5,8,19H,6-7,9,15H2,1-3H3. The van der Waals surface area contributed by atoms with Gasteiger partial charge in [-0.3, -0.25) is 4.79 Å². The lowest BCUT2D eigenvalue weighted by Gasteiger charge is -2.39. The highest BCUT2D eigenvalue weighted by Crippen LogP contribution is 2.39. The molecule has 0 saturated carbocycles. The average molecular weight is 263 g/mol. The number of aliphatic hydroxyl groups is 1. The first-order valence-electron chi connectivity index (χ1n) is 6.41. The van der Waals surface area contributed by atoms with Crippen LogP contribution in [-0.4, -0.2) is 38.2 Å². The fraction of sp³-hybridized carbons (Fsp3) is 0.500. The van der Waals surface area contributed by atoms with Gasteiger partial charge in [0, 0.05) is 51.0 Å². The lowest BCUT2D eigenvalue weighted by atomic mass is 9.85. The van der Waals surface area contributed by atoms with E-state index >= 15 is 0 Å². The predicted molar refractivity (Wildman–Crippen MR) is 76.4 cm³/mol. The summed E-state index contributed by atoms with van der Waals surface area (Å²) in [5, 5.41) is 10.7. The maximum absolute atomic E-state index is 11.7. The third kappa shape index (κ3) is 2.31. The first-order valence-corrected chi connectivity index (χ1v) is 6.41. The van der Waals surface area contributed by atoms with Crippen molar-refractivity contribution in [3.05, 3.63) is 23.8 Å². The number of carbonyl (C=O) groups excluding carboxylic acids is 1. The van der Waals surface area contributed by atoms with E-state index in [4.69, 9.17) is 5.73 Å². The van der Waals surface area contributed by atoms with Gasteiger partial charge in [-0.1, -0.05) is 0 Å². The average Bonchev–Trinajstić information content (AvgIpc) is 2.38. The maximum atomic E-state index is 11.7. The molecule has 1 unspecified atom stereocenters. The highest BCUT2D eigenvalue weighted by Gasteiger charge is 2.37. The fourth-order valence-electron chi connectivity index (χ4n) is 2.50. The summed E-state index contributed by atoms with van der Waals surface area (Å²) in [6.07, 6.45) is 0.465. The molecule has 19 heavy (non-hydrogen) atoms. The van der Waals surface area contributed by atoms with Crippen LogP contribution in [0.2, 0.25) is 0 Å². The number of benzene rings is 1. The van der Waals surface area contributed by atoms with Gasteiger partial charge in [0.05, 0.1) is 0 Å². The Hall–Kier alpha value is -1.59. The highest BCUT2D eigenvalue weighted by molar-refractivity contribution is 5.93. The number of amides is 1. The summed E-state index contributed by atoms with van der Waals surface area (Å²) in [5.41, 5.74) is 7.17. The fourth-order valence-corrected chi connectivity index (χ4v) is 2.50. The molecule has 1 aliphatic heterocycles. The number of hydrogen-bond donors (Lipinski definition) is 2. The minimum Gasteiger partial charge on any atom is -0.384 e. The van der Waals surface area contributed by atoms with Crippen molar-refractivity contribution in [2.45, 2.75) is 18.9 Å².